The standard InChI is InChI=1S/C21H23N3O3S/c1-15(16-5-3-2-4-6-16)12-22-19(25)18-11-21(27-23-18)8-9-24(14-21)20(26)17-7-10-28-13-17/h2-7,10,13,15H,8-9,11-12,14H2,1H3,(H,22,25)/t15-,21+/m0/s1. The highest BCUT2D eigenvalue weighted by Crippen LogP contribution is 2.34. The van der Waals surface area contributed by atoms with Gasteiger partial charge in [-0.2, -0.15) is 11.3 Å². The molecule has 7 heteroatoms. The fourth-order valence-electron chi connectivity index (χ4n) is 3.70. The number of thiophene rings is 1. The van der Waals surface area contributed by atoms with Crippen LogP contribution in [0.4, 0.5) is 0 Å². The molecule has 3 heterocycles. The minimum absolute atomic E-state index is 0.0105. The number of carbonyl (C=O) groups is 2. The molecule has 0 aliphatic carbocycles. The molecular weight excluding hydrogens is 374 g/mol. The lowest BCUT2D eigenvalue weighted by molar-refractivity contribution is -0.115. The summed E-state index contributed by atoms with van der Waals surface area (Å²) in [6.07, 6.45) is 1.12. The lowest BCUT2D eigenvalue weighted by Crippen LogP contribution is -2.39. The minimum atomic E-state index is -0.566. The quantitative estimate of drug-likeness (QED) is 0.843. The van der Waals surface area contributed by atoms with E-state index < -0.39 is 5.60 Å². The molecule has 2 aliphatic heterocycles. The van der Waals surface area contributed by atoms with Crippen LogP contribution in [-0.4, -0.2) is 47.7 Å². The summed E-state index contributed by atoms with van der Waals surface area (Å²) in [6.45, 7) is 3.69. The van der Waals surface area contributed by atoms with Gasteiger partial charge in [-0.05, 0) is 22.9 Å². The van der Waals surface area contributed by atoms with E-state index in [4.69, 9.17) is 4.84 Å². The van der Waals surface area contributed by atoms with E-state index in [0.29, 0.717) is 43.8 Å². The molecule has 0 saturated carbocycles. The smallest absolute Gasteiger partial charge is 0.269 e. The fraction of sp³-hybridized carbons (Fsp3) is 0.381. The molecule has 1 aromatic carbocycles. The summed E-state index contributed by atoms with van der Waals surface area (Å²) in [7, 11) is 0. The van der Waals surface area contributed by atoms with Crippen molar-refractivity contribution in [2.24, 2.45) is 5.16 Å². The van der Waals surface area contributed by atoms with Crippen molar-refractivity contribution in [3.8, 4) is 0 Å². The van der Waals surface area contributed by atoms with Crippen LogP contribution in [0.2, 0.25) is 0 Å². The molecular formula is C21H23N3O3S. The Labute approximate surface area is 168 Å². The van der Waals surface area contributed by atoms with Gasteiger partial charge in [0.15, 0.2) is 5.60 Å². The van der Waals surface area contributed by atoms with Crippen LogP contribution in [-0.2, 0) is 9.63 Å². The average molecular weight is 398 g/mol. The molecule has 0 unspecified atom stereocenters. The van der Waals surface area contributed by atoms with Crippen LogP contribution in [0.3, 0.4) is 0 Å². The topological polar surface area (TPSA) is 71.0 Å². The van der Waals surface area contributed by atoms with Gasteiger partial charge in [0.2, 0.25) is 0 Å². The van der Waals surface area contributed by atoms with Crippen molar-refractivity contribution < 1.29 is 14.4 Å². The van der Waals surface area contributed by atoms with E-state index in [1.807, 2.05) is 35.0 Å². The Balaban J connectivity index is 1.30. The SMILES string of the molecule is C[C@@H](CNC(=O)C1=NO[C@]2(CCN(C(=O)c3ccsc3)C2)C1)c1ccccc1. The van der Waals surface area contributed by atoms with Crippen LogP contribution >= 0.6 is 11.3 Å². The highest BCUT2D eigenvalue weighted by Gasteiger charge is 2.48. The zero-order valence-corrected chi connectivity index (χ0v) is 16.6. The van der Waals surface area contributed by atoms with E-state index in [1.165, 1.54) is 16.9 Å². The third kappa shape index (κ3) is 3.80. The Kier molecular flexibility index (Phi) is 5.17. The van der Waals surface area contributed by atoms with Gasteiger partial charge in [-0.1, -0.05) is 42.4 Å². The van der Waals surface area contributed by atoms with Gasteiger partial charge in [0.1, 0.15) is 5.71 Å². The summed E-state index contributed by atoms with van der Waals surface area (Å²) in [5.41, 5.74) is 1.73. The molecule has 6 nitrogen and oxygen atoms in total. The first-order valence-corrected chi connectivity index (χ1v) is 10.4. The molecule has 1 N–H and O–H groups in total. The molecule has 0 radical (unpaired) electrons. The number of oxime groups is 1. The zero-order valence-electron chi connectivity index (χ0n) is 15.8. The third-order valence-corrected chi connectivity index (χ3v) is 6.09. The van der Waals surface area contributed by atoms with E-state index in [-0.39, 0.29) is 17.7 Å². The maximum atomic E-state index is 12.5. The summed E-state index contributed by atoms with van der Waals surface area (Å²) < 4.78 is 0. The van der Waals surface area contributed by atoms with Gasteiger partial charge in [-0.25, -0.2) is 0 Å². The van der Waals surface area contributed by atoms with Crippen molar-refractivity contribution in [1.29, 1.82) is 0 Å². The molecule has 1 spiro atoms. The van der Waals surface area contributed by atoms with Crippen LogP contribution < -0.4 is 5.32 Å². The van der Waals surface area contributed by atoms with Gasteiger partial charge in [-0.3, -0.25) is 9.59 Å². The van der Waals surface area contributed by atoms with Gasteiger partial charge in [0.05, 0.1) is 12.1 Å². The molecule has 0 bridgehead atoms. The molecule has 146 valence electrons. The Morgan fingerprint density at radius 3 is 2.89 bits per heavy atom. The van der Waals surface area contributed by atoms with E-state index in [2.05, 4.69) is 29.5 Å². The van der Waals surface area contributed by atoms with Crippen molar-refractivity contribution in [2.75, 3.05) is 19.6 Å². The lowest BCUT2D eigenvalue weighted by Gasteiger charge is -2.21. The van der Waals surface area contributed by atoms with E-state index in [1.54, 1.807) is 4.90 Å². The molecule has 2 atom stereocenters. The highest BCUT2D eigenvalue weighted by atomic mass is 32.1. The maximum Gasteiger partial charge on any atom is 0.269 e. The van der Waals surface area contributed by atoms with E-state index >= 15 is 0 Å². The molecule has 1 saturated heterocycles. The third-order valence-electron chi connectivity index (χ3n) is 5.41. The minimum Gasteiger partial charge on any atom is -0.386 e. The molecule has 28 heavy (non-hydrogen) atoms. The first kappa shape index (κ1) is 18.7. The van der Waals surface area contributed by atoms with Crippen molar-refractivity contribution in [3.63, 3.8) is 0 Å². The van der Waals surface area contributed by atoms with Gasteiger partial charge in [-0.15, -0.1) is 0 Å². The molecule has 2 aliphatic rings. The summed E-state index contributed by atoms with van der Waals surface area (Å²) in [5.74, 6) is 0.0332. The second-order valence-electron chi connectivity index (χ2n) is 7.50. The first-order chi connectivity index (χ1) is 13.6. The van der Waals surface area contributed by atoms with Gasteiger partial charge < -0.3 is 15.1 Å². The number of hydrogen-bond donors (Lipinski definition) is 1. The second kappa shape index (κ2) is 7.75. The lowest BCUT2D eigenvalue weighted by atomic mass is 9.96. The van der Waals surface area contributed by atoms with Crippen LogP contribution in [0.1, 0.15) is 41.6 Å². The van der Waals surface area contributed by atoms with Crippen LogP contribution in [0.5, 0.6) is 0 Å². The van der Waals surface area contributed by atoms with E-state index in [9.17, 15) is 9.59 Å². The normalized spacial score (nSPS) is 22.0. The number of amides is 2. The molecule has 1 aromatic heterocycles. The zero-order chi connectivity index (χ0) is 19.6. The largest absolute Gasteiger partial charge is 0.386 e. The monoisotopic (exact) mass is 397 g/mol. The number of likely N-dealkylation sites (tertiary alicyclic amines) is 1. The molecule has 2 aromatic rings. The Morgan fingerprint density at radius 2 is 2.14 bits per heavy atom. The van der Waals surface area contributed by atoms with E-state index in [0.717, 1.165) is 0 Å². The number of nitrogens with one attached hydrogen (secondary N) is 1. The van der Waals surface area contributed by atoms with Crippen molar-refractivity contribution in [1.82, 2.24) is 10.2 Å². The van der Waals surface area contributed by atoms with Crippen molar-refractivity contribution >= 4 is 28.9 Å². The average Bonchev–Trinajstić information content (AvgIpc) is 3.48. The van der Waals surface area contributed by atoms with Gasteiger partial charge in [0.25, 0.3) is 11.8 Å². The number of carbonyl (C=O) groups excluding carboxylic acids is 2. The Bertz CT molecular complexity index is 882. The van der Waals surface area contributed by atoms with Crippen molar-refractivity contribution in [3.05, 3.63) is 58.3 Å². The van der Waals surface area contributed by atoms with Gasteiger partial charge in [0, 0.05) is 31.3 Å². The predicted octanol–water partition coefficient (Wildman–Crippen LogP) is 3.03. The summed E-state index contributed by atoms with van der Waals surface area (Å²) in [5, 5.41) is 10.8. The Hall–Kier alpha value is -2.67. The Morgan fingerprint density at radius 1 is 1.32 bits per heavy atom. The highest BCUT2D eigenvalue weighted by molar-refractivity contribution is 7.08. The summed E-state index contributed by atoms with van der Waals surface area (Å²) >= 11 is 1.51. The van der Waals surface area contributed by atoms with Crippen LogP contribution in [0.15, 0.2) is 52.3 Å². The fourth-order valence-corrected chi connectivity index (χ4v) is 4.33. The molecule has 2 amide bonds. The van der Waals surface area contributed by atoms with Gasteiger partial charge >= 0.3 is 0 Å². The van der Waals surface area contributed by atoms with Crippen LogP contribution in [0, 0.1) is 0 Å². The summed E-state index contributed by atoms with van der Waals surface area (Å²) in [4.78, 5) is 32.5. The van der Waals surface area contributed by atoms with Crippen molar-refractivity contribution in [2.45, 2.75) is 31.3 Å². The molecule has 1 fully saturated rings. The number of rotatable bonds is 5. The first-order valence-electron chi connectivity index (χ1n) is 9.46. The van der Waals surface area contributed by atoms with Crippen LogP contribution in [0.25, 0.3) is 0 Å². The second-order valence-corrected chi connectivity index (χ2v) is 8.28. The number of nitrogens with zero attached hydrogens (tertiary/aromatic N) is 2. The predicted molar refractivity (Wildman–Crippen MR) is 109 cm³/mol. The number of hydrogen-bond acceptors (Lipinski definition) is 5. The number of benzene rings is 1. The molecule has 4 rings (SSSR count). The summed E-state index contributed by atoms with van der Waals surface area (Å²) in [6, 6.07) is 11.9. The maximum absolute atomic E-state index is 12.5.